The molecule has 0 saturated carbocycles. The predicted octanol–water partition coefficient (Wildman–Crippen LogP) is 3.04. The van der Waals surface area contributed by atoms with Crippen LogP contribution in [0.2, 0.25) is 0 Å². The van der Waals surface area contributed by atoms with Crippen LogP contribution in [-0.2, 0) is 9.84 Å². The minimum atomic E-state index is -2.79. The molecule has 0 bridgehead atoms. The Labute approximate surface area is 122 Å². The Morgan fingerprint density at radius 2 is 1.82 bits per heavy atom. The minimum Gasteiger partial charge on any atom is -0.229 e. The molecule has 1 heterocycles. The summed E-state index contributed by atoms with van der Waals surface area (Å²) in [4.78, 5) is 0. The average molecular weight is 333 g/mol. The van der Waals surface area contributed by atoms with Crippen LogP contribution >= 0.6 is 47.0 Å². The van der Waals surface area contributed by atoms with Gasteiger partial charge in [0, 0.05) is 23.0 Å². The van der Waals surface area contributed by atoms with E-state index in [0.717, 1.165) is 22.5 Å². The van der Waals surface area contributed by atoms with Gasteiger partial charge in [-0.15, -0.1) is 35.3 Å². The molecular formula is C10H20O2S5. The first-order chi connectivity index (χ1) is 8.07. The van der Waals surface area contributed by atoms with E-state index < -0.39 is 9.84 Å². The summed E-state index contributed by atoms with van der Waals surface area (Å²) >= 11 is 7.73. The lowest BCUT2D eigenvalue weighted by atomic mass is 10.6. The lowest BCUT2D eigenvalue weighted by molar-refractivity contribution is 0.596. The van der Waals surface area contributed by atoms with E-state index in [-0.39, 0.29) is 0 Å². The highest BCUT2D eigenvalue weighted by Gasteiger charge is 2.22. The molecule has 0 aliphatic carbocycles. The van der Waals surface area contributed by atoms with Crippen molar-refractivity contribution in [2.75, 3.05) is 35.0 Å². The molecule has 0 amide bonds. The molecule has 0 radical (unpaired) electrons. The fourth-order valence-corrected chi connectivity index (χ4v) is 8.98. The monoisotopic (exact) mass is 332 g/mol. The summed E-state index contributed by atoms with van der Waals surface area (Å²) < 4.78 is 24.4. The maximum absolute atomic E-state index is 11.5. The largest absolute Gasteiger partial charge is 0.229 e. The van der Waals surface area contributed by atoms with Crippen molar-refractivity contribution in [1.29, 1.82) is 0 Å². The molecule has 0 aromatic carbocycles. The lowest BCUT2D eigenvalue weighted by Crippen LogP contribution is -2.19. The SMILES string of the molecule is CCCS(=O)(=O)CCSC1CSC(SC)CS1. The van der Waals surface area contributed by atoms with Crippen LogP contribution in [0.5, 0.6) is 0 Å². The van der Waals surface area contributed by atoms with Gasteiger partial charge in [-0.05, 0) is 12.7 Å². The van der Waals surface area contributed by atoms with E-state index >= 15 is 0 Å². The Morgan fingerprint density at radius 1 is 1.18 bits per heavy atom. The van der Waals surface area contributed by atoms with Gasteiger partial charge >= 0.3 is 0 Å². The van der Waals surface area contributed by atoms with Gasteiger partial charge in [-0.3, -0.25) is 0 Å². The van der Waals surface area contributed by atoms with Crippen LogP contribution in [0.4, 0.5) is 0 Å². The van der Waals surface area contributed by atoms with E-state index in [1.54, 1.807) is 0 Å². The summed E-state index contributed by atoms with van der Waals surface area (Å²) in [6.45, 7) is 1.92. The summed E-state index contributed by atoms with van der Waals surface area (Å²) in [5.74, 6) is 3.78. The highest BCUT2D eigenvalue weighted by molar-refractivity contribution is 8.23. The van der Waals surface area contributed by atoms with Gasteiger partial charge in [0.1, 0.15) is 0 Å². The quantitative estimate of drug-likeness (QED) is 0.713. The van der Waals surface area contributed by atoms with Crippen molar-refractivity contribution in [3.63, 3.8) is 0 Å². The molecular weight excluding hydrogens is 312 g/mol. The number of thioether (sulfide) groups is 4. The third-order valence-corrected chi connectivity index (χ3v) is 10.9. The van der Waals surface area contributed by atoms with E-state index in [1.807, 2.05) is 54.0 Å². The van der Waals surface area contributed by atoms with E-state index in [0.29, 0.717) is 16.1 Å². The number of hydrogen-bond donors (Lipinski definition) is 0. The topological polar surface area (TPSA) is 34.1 Å². The minimum absolute atomic E-state index is 0.342. The maximum atomic E-state index is 11.5. The molecule has 102 valence electrons. The van der Waals surface area contributed by atoms with Crippen molar-refractivity contribution in [2.45, 2.75) is 22.5 Å². The highest BCUT2D eigenvalue weighted by Crippen LogP contribution is 2.39. The molecule has 7 heteroatoms. The van der Waals surface area contributed by atoms with Crippen LogP contribution in [0, 0.1) is 0 Å². The van der Waals surface area contributed by atoms with Gasteiger partial charge < -0.3 is 0 Å². The van der Waals surface area contributed by atoms with Crippen molar-refractivity contribution in [1.82, 2.24) is 0 Å². The van der Waals surface area contributed by atoms with Gasteiger partial charge in [0.15, 0.2) is 9.84 Å². The molecule has 17 heavy (non-hydrogen) atoms. The van der Waals surface area contributed by atoms with Crippen LogP contribution in [0.1, 0.15) is 13.3 Å². The zero-order valence-corrected chi connectivity index (χ0v) is 14.3. The first-order valence-electron chi connectivity index (χ1n) is 5.65. The lowest BCUT2D eigenvalue weighted by Gasteiger charge is -2.26. The van der Waals surface area contributed by atoms with E-state index in [1.165, 1.54) is 5.75 Å². The molecule has 1 saturated heterocycles. The van der Waals surface area contributed by atoms with Gasteiger partial charge in [-0.2, -0.15) is 11.8 Å². The van der Waals surface area contributed by atoms with E-state index in [4.69, 9.17) is 0 Å². The second-order valence-corrected chi connectivity index (χ2v) is 11.5. The first kappa shape index (κ1) is 16.4. The van der Waals surface area contributed by atoms with Crippen molar-refractivity contribution < 1.29 is 8.42 Å². The fraction of sp³-hybridized carbons (Fsp3) is 1.00. The molecule has 2 atom stereocenters. The molecule has 0 aromatic rings. The van der Waals surface area contributed by atoms with E-state index in [2.05, 4.69) is 6.26 Å². The Kier molecular flexibility index (Phi) is 8.21. The molecule has 2 nitrogen and oxygen atoms in total. The Morgan fingerprint density at radius 3 is 2.35 bits per heavy atom. The normalized spacial score (nSPS) is 26.0. The molecule has 0 N–H and O–H groups in total. The van der Waals surface area contributed by atoms with Crippen molar-refractivity contribution in [3.8, 4) is 0 Å². The van der Waals surface area contributed by atoms with Crippen LogP contribution < -0.4 is 0 Å². The van der Waals surface area contributed by atoms with Gasteiger partial charge in [-0.25, -0.2) is 8.42 Å². The highest BCUT2D eigenvalue weighted by atomic mass is 32.2. The van der Waals surface area contributed by atoms with Crippen LogP contribution in [0.25, 0.3) is 0 Å². The molecule has 0 spiro atoms. The number of rotatable bonds is 7. The van der Waals surface area contributed by atoms with Gasteiger partial charge in [0.2, 0.25) is 0 Å². The first-order valence-corrected chi connectivity index (χ1v) is 11.9. The maximum Gasteiger partial charge on any atom is 0.151 e. The molecule has 1 fully saturated rings. The number of hydrogen-bond acceptors (Lipinski definition) is 6. The summed E-state index contributed by atoms with van der Waals surface area (Å²) in [5, 5.41) is 0. The molecule has 1 rings (SSSR count). The van der Waals surface area contributed by atoms with Crippen molar-refractivity contribution in [2.24, 2.45) is 0 Å². The summed E-state index contributed by atoms with van der Waals surface area (Å²) in [5.41, 5.74) is 0. The zero-order valence-electron chi connectivity index (χ0n) is 10.3. The summed E-state index contributed by atoms with van der Waals surface area (Å²) in [6, 6.07) is 0. The second-order valence-electron chi connectivity index (χ2n) is 3.78. The van der Waals surface area contributed by atoms with Crippen LogP contribution in [0.3, 0.4) is 0 Å². The third-order valence-electron chi connectivity index (χ3n) is 2.31. The van der Waals surface area contributed by atoms with E-state index in [9.17, 15) is 8.42 Å². The average Bonchev–Trinajstić information content (AvgIpc) is 2.29. The number of sulfone groups is 1. The van der Waals surface area contributed by atoms with Gasteiger partial charge in [0.05, 0.1) is 14.9 Å². The smallest absolute Gasteiger partial charge is 0.151 e. The standard InChI is InChI=1S/C10H20O2S5/c1-3-5-17(11,12)6-4-14-10-8-15-9(13-2)7-16-10/h9-10H,3-8H2,1-2H3. The van der Waals surface area contributed by atoms with Gasteiger partial charge in [0.25, 0.3) is 0 Å². The third kappa shape index (κ3) is 6.89. The molecule has 2 unspecified atom stereocenters. The second kappa shape index (κ2) is 8.51. The predicted molar refractivity (Wildman–Crippen MR) is 87.4 cm³/mol. The molecule has 0 aromatic heterocycles. The summed E-state index contributed by atoms with van der Waals surface area (Å²) in [6.07, 6.45) is 2.89. The van der Waals surface area contributed by atoms with Gasteiger partial charge in [-0.1, -0.05) is 6.92 Å². The zero-order chi connectivity index (χ0) is 12.7. The Bertz CT molecular complexity index is 296. The Balaban J connectivity index is 2.16. The molecule has 1 aliphatic heterocycles. The Hall–Kier alpha value is 1.35. The van der Waals surface area contributed by atoms with Crippen molar-refractivity contribution in [3.05, 3.63) is 0 Å². The summed E-state index contributed by atoms with van der Waals surface area (Å²) in [7, 11) is -2.79. The van der Waals surface area contributed by atoms with Crippen LogP contribution in [0.15, 0.2) is 0 Å². The molecule has 1 aliphatic rings. The fourth-order valence-electron chi connectivity index (χ4n) is 1.42. The van der Waals surface area contributed by atoms with Crippen molar-refractivity contribution >= 4 is 56.9 Å². The van der Waals surface area contributed by atoms with Crippen LogP contribution in [-0.4, -0.2) is 52.6 Å².